The number of aliphatic hydroxyl groups excluding tert-OH is 1. The fourth-order valence-electron chi connectivity index (χ4n) is 1.59. The van der Waals surface area contributed by atoms with Crippen LogP contribution in [0.1, 0.15) is 37.0 Å². The first-order chi connectivity index (χ1) is 8.41. The van der Waals surface area contributed by atoms with Gasteiger partial charge in [0.25, 0.3) is 5.91 Å². The van der Waals surface area contributed by atoms with E-state index in [2.05, 4.69) is 43.8 Å². The van der Waals surface area contributed by atoms with Crippen LogP contribution in [-0.4, -0.2) is 23.2 Å². The van der Waals surface area contributed by atoms with Gasteiger partial charge in [0.15, 0.2) is 0 Å². The van der Waals surface area contributed by atoms with E-state index in [1.54, 1.807) is 0 Å². The Kier molecular flexibility index (Phi) is 6.07. The molecule has 0 bridgehead atoms. The highest BCUT2D eigenvalue weighted by atomic mass is 127. The van der Waals surface area contributed by atoms with Gasteiger partial charge in [0.05, 0.1) is 5.56 Å². The topological polar surface area (TPSA) is 49.3 Å². The Morgan fingerprint density at radius 2 is 2.22 bits per heavy atom. The zero-order valence-corrected chi connectivity index (χ0v) is 14.2. The SMILES string of the molecule is CCC(C)(CCO)NC(=O)c1cc(I)ccc1Br. The Hall–Kier alpha value is -0.140. The van der Waals surface area contributed by atoms with Crippen molar-refractivity contribution in [2.45, 2.75) is 32.2 Å². The van der Waals surface area contributed by atoms with Crippen LogP contribution in [-0.2, 0) is 0 Å². The Morgan fingerprint density at radius 3 is 2.78 bits per heavy atom. The molecule has 0 aromatic heterocycles. The molecule has 1 amide bonds. The van der Waals surface area contributed by atoms with Crippen molar-refractivity contribution in [3.05, 3.63) is 31.8 Å². The van der Waals surface area contributed by atoms with Gasteiger partial charge in [-0.15, -0.1) is 0 Å². The highest BCUT2D eigenvalue weighted by Crippen LogP contribution is 2.21. The highest BCUT2D eigenvalue weighted by molar-refractivity contribution is 14.1. The standard InChI is InChI=1S/C13H17BrINO2/c1-3-13(2,6-7-17)16-12(18)10-8-9(15)4-5-11(10)14/h4-5,8,17H,3,6-7H2,1-2H3,(H,16,18). The molecule has 3 nitrogen and oxygen atoms in total. The van der Waals surface area contributed by atoms with Crippen molar-refractivity contribution in [1.82, 2.24) is 5.32 Å². The van der Waals surface area contributed by atoms with E-state index in [1.807, 2.05) is 32.0 Å². The maximum absolute atomic E-state index is 12.2. The van der Waals surface area contributed by atoms with Gasteiger partial charge in [-0.05, 0) is 76.5 Å². The van der Waals surface area contributed by atoms with Gasteiger partial charge in [-0.3, -0.25) is 4.79 Å². The van der Waals surface area contributed by atoms with Crippen LogP contribution in [0.3, 0.4) is 0 Å². The number of halogens is 2. The minimum atomic E-state index is -0.369. The second kappa shape index (κ2) is 6.86. The van der Waals surface area contributed by atoms with Gasteiger partial charge in [0, 0.05) is 20.2 Å². The minimum absolute atomic E-state index is 0.0676. The Labute approximate surface area is 130 Å². The molecule has 0 radical (unpaired) electrons. The lowest BCUT2D eigenvalue weighted by atomic mass is 9.94. The van der Waals surface area contributed by atoms with Gasteiger partial charge in [0.2, 0.25) is 0 Å². The van der Waals surface area contributed by atoms with Crippen molar-refractivity contribution >= 4 is 44.4 Å². The van der Waals surface area contributed by atoms with E-state index < -0.39 is 0 Å². The summed E-state index contributed by atoms with van der Waals surface area (Å²) in [6.07, 6.45) is 1.33. The molecule has 0 heterocycles. The molecule has 100 valence electrons. The molecule has 0 aliphatic carbocycles. The fraction of sp³-hybridized carbons (Fsp3) is 0.462. The van der Waals surface area contributed by atoms with Crippen molar-refractivity contribution in [2.24, 2.45) is 0 Å². The number of nitrogens with one attached hydrogen (secondary N) is 1. The Morgan fingerprint density at radius 1 is 1.56 bits per heavy atom. The molecule has 0 aliphatic heterocycles. The van der Waals surface area contributed by atoms with Crippen LogP contribution in [0.15, 0.2) is 22.7 Å². The van der Waals surface area contributed by atoms with Gasteiger partial charge < -0.3 is 10.4 Å². The third-order valence-electron chi connectivity index (χ3n) is 3.03. The van der Waals surface area contributed by atoms with Crippen LogP contribution in [0.4, 0.5) is 0 Å². The van der Waals surface area contributed by atoms with Gasteiger partial charge in [-0.2, -0.15) is 0 Å². The van der Waals surface area contributed by atoms with Crippen LogP contribution in [0.5, 0.6) is 0 Å². The summed E-state index contributed by atoms with van der Waals surface area (Å²) in [5, 5.41) is 12.0. The number of carbonyl (C=O) groups is 1. The number of rotatable bonds is 5. The monoisotopic (exact) mass is 425 g/mol. The number of hydrogen-bond acceptors (Lipinski definition) is 2. The highest BCUT2D eigenvalue weighted by Gasteiger charge is 2.25. The smallest absolute Gasteiger partial charge is 0.252 e. The summed E-state index contributed by atoms with van der Waals surface area (Å²) < 4.78 is 1.80. The van der Waals surface area contributed by atoms with Crippen molar-refractivity contribution in [2.75, 3.05) is 6.61 Å². The van der Waals surface area contributed by atoms with Crippen LogP contribution < -0.4 is 5.32 Å². The van der Waals surface area contributed by atoms with Crippen LogP contribution in [0, 0.1) is 3.57 Å². The average Bonchev–Trinajstić information content (AvgIpc) is 2.32. The second-order valence-electron chi connectivity index (χ2n) is 4.47. The Bertz CT molecular complexity index is 439. The lowest BCUT2D eigenvalue weighted by Crippen LogP contribution is -2.46. The van der Waals surface area contributed by atoms with E-state index in [0.717, 1.165) is 14.5 Å². The molecule has 1 atom stereocenters. The van der Waals surface area contributed by atoms with E-state index in [0.29, 0.717) is 12.0 Å². The quantitative estimate of drug-likeness (QED) is 0.711. The Balaban J connectivity index is 2.90. The average molecular weight is 426 g/mol. The van der Waals surface area contributed by atoms with E-state index in [4.69, 9.17) is 5.11 Å². The van der Waals surface area contributed by atoms with Crippen LogP contribution in [0.2, 0.25) is 0 Å². The zero-order valence-electron chi connectivity index (χ0n) is 10.5. The van der Waals surface area contributed by atoms with Crippen LogP contribution in [0.25, 0.3) is 0 Å². The summed E-state index contributed by atoms with van der Waals surface area (Å²) in [5.74, 6) is -0.113. The molecule has 0 saturated heterocycles. The fourth-order valence-corrected chi connectivity index (χ4v) is 2.51. The first-order valence-electron chi connectivity index (χ1n) is 5.80. The number of amides is 1. The second-order valence-corrected chi connectivity index (χ2v) is 6.57. The molecule has 1 aromatic carbocycles. The summed E-state index contributed by atoms with van der Waals surface area (Å²) in [7, 11) is 0. The van der Waals surface area contributed by atoms with Crippen molar-refractivity contribution in [3.8, 4) is 0 Å². The molecule has 0 aliphatic rings. The van der Waals surface area contributed by atoms with Crippen LogP contribution >= 0.6 is 38.5 Å². The predicted octanol–water partition coefficient (Wildman–Crippen LogP) is 3.33. The molecule has 1 aromatic rings. The van der Waals surface area contributed by atoms with Gasteiger partial charge in [-0.1, -0.05) is 6.92 Å². The van der Waals surface area contributed by atoms with E-state index in [-0.39, 0.29) is 18.1 Å². The lowest BCUT2D eigenvalue weighted by Gasteiger charge is -2.29. The number of carbonyl (C=O) groups excluding carboxylic acids is 1. The maximum Gasteiger partial charge on any atom is 0.252 e. The summed E-state index contributed by atoms with van der Waals surface area (Å²) in [6.45, 7) is 4.01. The maximum atomic E-state index is 12.2. The molecule has 0 saturated carbocycles. The summed E-state index contributed by atoms with van der Waals surface area (Å²) >= 11 is 5.56. The molecule has 18 heavy (non-hydrogen) atoms. The summed E-state index contributed by atoms with van der Waals surface area (Å²) in [6, 6.07) is 5.65. The summed E-state index contributed by atoms with van der Waals surface area (Å²) in [4.78, 5) is 12.2. The summed E-state index contributed by atoms with van der Waals surface area (Å²) in [5.41, 5.74) is 0.256. The van der Waals surface area contributed by atoms with Crippen molar-refractivity contribution < 1.29 is 9.90 Å². The van der Waals surface area contributed by atoms with E-state index in [9.17, 15) is 4.79 Å². The predicted molar refractivity (Wildman–Crippen MR) is 84.7 cm³/mol. The third kappa shape index (κ3) is 4.20. The molecule has 1 rings (SSSR count). The van der Waals surface area contributed by atoms with E-state index >= 15 is 0 Å². The minimum Gasteiger partial charge on any atom is -0.396 e. The molecule has 5 heteroatoms. The largest absolute Gasteiger partial charge is 0.396 e. The lowest BCUT2D eigenvalue weighted by molar-refractivity contribution is 0.0885. The van der Waals surface area contributed by atoms with Gasteiger partial charge in [0.1, 0.15) is 0 Å². The number of aliphatic hydroxyl groups is 1. The molecular weight excluding hydrogens is 409 g/mol. The zero-order chi connectivity index (χ0) is 13.8. The molecule has 1 unspecified atom stereocenters. The van der Waals surface area contributed by atoms with E-state index in [1.165, 1.54) is 0 Å². The first-order valence-corrected chi connectivity index (χ1v) is 7.67. The molecule has 0 spiro atoms. The normalized spacial score (nSPS) is 14.1. The molecule has 2 N–H and O–H groups in total. The number of hydrogen-bond donors (Lipinski definition) is 2. The van der Waals surface area contributed by atoms with Gasteiger partial charge >= 0.3 is 0 Å². The van der Waals surface area contributed by atoms with Crippen molar-refractivity contribution in [1.29, 1.82) is 0 Å². The van der Waals surface area contributed by atoms with Crippen molar-refractivity contribution in [3.63, 3.8) is 0 Å². The molecule has 0 fully saturated rings. The number of benzene rings is 1. The molecular formula is C13H17BrINO2. The first kappa shape index (κ1) is 15.9. The third-order valence-corrected chi connectivity index (χ3v) is 4.39. The van der Waals surface area contributed by atoms with Gasteiger partial charge in [-0.25, -0.2) is 0 Å².